The van der Waals surface area contributed by atoms with Crippen LogP contribution in [0.1, 0.15) is 5.56 Å². The Bertz CT molecular complexity index is 501. The fourth-order valence-electron chi connectivity index (χ4n) is 2.21. The van der Waals surface area contributed by atoms with Crippen molar-refractivity contribution in [3.05, 3.63) is 34.9 Å². The molecule has 0 aromatic heterocycles. The van der Waals surface area contributed by atoms with Crippen molar-refractivity contribution in [1.29, 1.82) is 0 Å². The molecule has 1 saturated heterocycles. The highest BCUT2D eigenvalue weighted by Gasteiger charge is 2.14. The van der Waals surface area contributed by atoms with Crippen molar-refractivity contribution in [3.63, 3.8) is 0 Å². The summed E-state index contributed by atoms with van der Waals surface area (Å²) < 4.78 is 0. The van der Waals surface area contributed by atoms with Crippen molar-refractivity contribution in [2.24, 2.45) is 0 Å². The number of rotatable bonds is 5. The first-order valence-corrected chi connectivity index (χ1v) is 7.76. The Balaban J connectivity index is 1.63. The molecule has 2 amide bonds. The first-order valence-electron chi connectivity index (χ1n) is 7.39. The summed E-state index contributed by atoms with van der Waals surface area (Å²) in [6.45, 7) is 5.43. The molecule has 1 fully saturated rings. The average Bonchev–Trinajstić information content (AvgIpc) is 2.55. The van der Waals surface area contributed by atoms with Gasteiger partial charge >= 0.3 is 11.8 Å². The molecular weight excluding hydrogens is 304 g/mol. The van der Waals surface area contributed by atoms with Gasteiger partial charge in [-0.1, -0.05) is 23.7 Å². The van der Waals surface area contributed by atoms with Crippen LogP contribution in [0.3, 0.4) is 0 Å². The minimum absolute atomic E-state index is 0.307. The summed E-state index contributed by atoms with van der Waals surface area (Å²) in [7, 11) is 0. The van der Waals surface area contributed by atoms with Gasteiger partial charge in [-0.3, -0.25) is 14.5 Å². The van der Waals surface area contributed by atoms with Crippen LogP contribution < -0.4 is 16.0 Å². The van der Waals surface area contributed by atoms with E-state index in [-0.39, 0.29) is 0 Å². The fourth-order valence-corrected chi connectivity index (χ4v) is 2.33. The fraction of sp³-hybridized carbons (Fsp3) is 0.467. The van der Waals surface area contributed by atoms with E-state index in [2.05, 4.69) is 20.9 Å². The molecule has 0 bridgehead atoms. The highest BCUT2D eigenvalue weighted by molar-refractivity contribution is 6.35. The molecule has 1 aliphatic heterocycles. The Hall–Kier alpha value is -1.63. The topological polar surface area (TPSA) is 73.5 Å². The highest BCUT2D eigenvalue weighted by atomic mass is 35.5. The maximum Gasteiger partial charge on any atom is 0.309 e. The lowest BCUT2D eigenvalue weighted by molar-refractivity contribution is -0.139. The van der Waals surface area contributed by atoms with E-state index in [1.54, 1.807) is 12.1 Å². The Morgan fingerprint density at radius 1 is 1.09 bits per heavy atom. The molecule has 1 aliphatic rings. The van der Waals surface area contributed by atoms with Crippen LogP contribution in [0, 0.1) is 0 Å². The van der Waals surface area contributed by atoms with Crippen molar-refractivity contribution in [2.75, 3.05) is 39.3 Å². The van der Waals surface area contributed by atoms with E-state index in [0.717, 1.165) is 38.3 Å². The van der Waals surface area contributed by atoms with Gasteiger partial charge < -0.3 is 16.0 Å². The molecule has 7 heteroatoms. The normalized spacial score (nSPS) is 15.3. The molecular formula is C15H21ClN4O2. The molecule has 2 rings (SSSR count). The SMILES string of the molecule is O=C(NCCN1CCNCC1)C(=O)NCc1ccc(Cl)cc1. The molecule has 0 spiro atoms. The number of carbonyl (C=O) groups is 2. The molecule has 120 valence electrons. The summed E-state index contributed by atoms with van der Waals surface area (Å²) in [5.41, 5.74) is 0.895. The molecule has 0 atom stereocenters. The summed E-state index contributed by atoms with van der Waals surface area (Å²) in [6, 6.07) is 7.11. The Morgan fingerprint density at radius 2 is 1.73 bits per heavy atom. The number of benzene rings is 1. The summed E-state index contributed by atoms with van der Waals surface area (Å²) in [6.07, 6.45) is 0. The van der Waals surface area contributed by atoms with E-state index in [0.29, 0.717) is 18.1 Å². The minimum atomic E-state index is -0.615. The molecule has 6 nitrogen and oxygen atoms in total. The van der Waals surface area contributed by atoms with Crippen molar-refractivity contribution < 1.29 is 9.59 Å². The molecule has 1 aromatic rings. The molecule has 0 saturated carbocycles. The van der Waals surface area contributed by atoms with E-state index < -0.39 is 11.8 Å². The van der Waals surface area contributed by atoms with E-state index in [4.69, 9.17) is 11.6 Å². The van der Waals surface area contributed by atoms with Gasteiger partial charge in [0.05, 0.1) is 0 Å². The second-order valence-corrected chi connectivity index (χ2v) is 5.59. The Labute approximate surface area is 135 Å². The largest absolute Gasteiger partial charge is 0.347 e. The minimum Gasteiger partial charge on any atom is -0.347 e. The Morgan fingerprint density at radius 3 is 2.41 bits per heavy atom. The van der Waals surface area contributed by atoms with Crippen LogP contribution >= 0.6 is 11.6 Å². The van der Waals surface area contributed by atoms with Crippen LogP contribution in [0.2, 0.25) is 5.02 Å². The van der Waals surface area contributed by atoms with Gasteiger partial charge in [0.25, 0.3) is 0 Å². The molecule has 0 unspecified atom stereocenters. The number of amides is 2. The van der Waals surface area contributed by atoms with Gasteiger partial charge in [-0.2, -0.15) is 0 Å². The smallest absolute Gasteiger partial charge is 0.309 e. The maximum atomic E-state index is 11.7. The van der Waals surface area contributed by atoms with Crippen LogP contribution in [-0.2, 0) is 16.1 Å². The van der Waals surface area contributed by atoms with Gasteiger partial charge in [0.2, 0.25) is 0 Å². The number of hydrogen-bond acceptors (Lipinski definition) is 4. The number of carbonyl (C=O) groups excluding carboxylic acids is 2. The molecule has 22 heavy (non-hydrogen) atoms. The monoisotopic (exact) mass is 324 g/mol. The van der Waals surface area contributed by atoms with Gasteiger partial charge in [0.15, 0.2) is 0 Å². The summed E-state index contributed by atoms with van der Waals surface area (Å²) in [5, 5.41) is 9.14. The third-order valence-electron chi connectivity index (χ3n) is 3.50. The summed E-state index contributed by atoms with van der Waals surface area (Å²) in [4.78, 5) is 25.6. The van der Waals surface area contributed by atoms with Gasteiger partial charge in [0.1, 0.15) is 0 Å². The summed E-state index contributed by atoms with van der Waals surface area (Å²) in [5.74, 6) is -1.21. The van der Waals surface area contributed by atoms with Crippen molar-refractivity contribution >= 4 is 23.4 Å². The maximum absolute atomic E-state index is 11.7. The van der Waals surface area contributed by atoms with Crippen LogP contribution in [0.15, 0.2) is 24.3 Å². The van der Waals surface area contributed by atoms with Crippen LogP contribution in [0.5, 0.6) is 0 Å². The number of nitrogens with one attached hydrogen (secondary N) is 3. The van der Waals surface area contributed by atoms with Crippen molar-refractivity contribution in [3.8, 4) is 0 Å². The van der Waals surface area contributed by atoms with Crippen LogP contribution in [-0.4, -0.2) is 56.0 Å². The van der Waals surface area contributed by atoms with E-state index >= 15 is 0 Å². The average molecular weight is 325 g/mol. The molecule has 1 heterocycles. The molecule has 0 radical (unpaired) electrons. The van der Waals surface area contributed by atoms with Gasteiger partial charge in [-0.25, -0.2) is 0 Å². The highest BCUT2D eigenvalue weighted by Crippen LogP contribution is 2.08. The predicted octanol–water partition coefficient (Wildman–Crippen LogP) is -0.0224. The zero-order valence-corrected chi connectivity index (χ0v) is 13.2. The van der Waals surface area contributed by atoms with E-state index in [9.17, 15) is 9.59 Å². The van der Waals surface area contributed by atoms with Gasteiger partial charge in [0, 0.05) is 50.8 Å². The summed E-state index contributed by atoms with van der Waals surface area (Å²) >= 11 is 5.79. The molecule has 0 aliphatic carbocycles. The third-order valence-corrected chi connectivity index (χ3v) is 3.75. The van der Waals surface area contributed by atoms with Crippen LogP contribution in [0.4, 0.5) is 0 Å². The lowest BCUT2D eigenvalue weighted by atomic mass is 10.2. The number of piperazine rings is 1. The third kappa shape index (κ3) is 5.63. The number of hydrogen-bond donors (Lipinski definition) is 3. The molecule has 1 aromatic carbocycles. The molecule has 3 N–H and O–H groups in total. The van der Waals surface area contributed by atoms with Gasteiger partial charge in [-0.05, 0) is 17.7 Å². The second-order valence-electron chi connectivity index (χ2n) is 5.16. The quantitative estimate of drug-likeness (QED) is 0.666. The lowest BCUT2D eigenvalue weighted by Gasteiger charge is -2.26. The second kappa shape index (κ2) is 8.73. The van der Waals surface area contributed by atoms with Crippen molar-refractivity contribution in [1.82, 2.24) is 20.9 Å². The predicted molar refractivity (Wildman–Crippen MR) is 85.6 cm³/mol. The number of nitrogens with zero attached hydrogens (tertiary/aromatic N) is 1. The Kier molecular flexibility index (Phi) is 6.64. The standard InChI is InChI=1S/C15H21ClN4O2/c16-13-3-1-12(2-4-13)11-19-15(22)14(21)18-7-10-20-8-5-17-6-9-20/h1-4,17H,5-11H2,(H,18,21)(H,19,22). The van der Waals surface area contributed by atoms with E-state index in [1.165, 1.54) is 0 Å². The first kappa shape index (κ1) is 16.7. The van der Waals surface area contributed by atoms with Crippen LogP contribution in [0.25, 0.3) is 0 Å². The zero-order chi connectivity index (χ0) is 15.8. The zero-order valence-electron chi connectivity index (χ0n) is 12.4. The number of halogens is 1. The lowest BCUT2D eigenvalue weighted by Crippen LogP contribution is -2.47. The van der Waals surface area contributed by atoms with E-state index in [1.807, 2.05) is 12.1 Å². The first-order chi connectivity index (χ1) is 10.6. The van der Waals surface area contributed by atoms with Gasteiger partial charge in [-0.15, -0.1) is 0 Å². The van der Waals surface area contributed by atoms with Crippen molar-refractivity contribution in [2.45, 2.75) is 6.54 Å².